The van der Waals surface area contributed by atoms with Crippen LogP contribution in [0.2, 0.25) is 10.0 Å². The van der Waals surface area contributed by atoms with Crippen molar-refractivity contribution in [3.63, 3.8) is 0 Å². The molecule has 0 bridgehead atoms. The normalized spacial score (nSPS) is 25.0. The van der Waals surface area contributed by atoms with Gasteiger partial charge in [0.1, 0.15) is 5.75 Å². The number of phenolic OH excluding ortho intramolecular Hbond substituents is 1. The van der Waals surface area contributed by atoms with E-state index in [1.54, 1.807) is 0 Å². The van der Waals surface area contributed by atoms with Crippen LogP contribution >= 0.6 is 23.2 Å². The Balaban J connectivity index is 1.71. The topological polar surface area (TPSA) is 171 Å². The number of hydrogen-bond acceptors (Lipinski definition) is 6. The van der Waals surface area contributed by atoms with Crippen molar-refractivity contribution in [2.24, 2.45) is 11.7 Å². The highest BCUT2D eigenvalue weighted by Gasteiger charge is 2.62. The van der Waals surface area contributed by atoms with Crippen molar-refractivity contribution in [3.05, 3.63) is 39.5 Å². The number of aliphatic carboxylic acids is 1. The van der Waals surface area contributed by atoms with Crippen LogP contribution in [0.5, 0.6) is 5.75 Å². The quantitative estimate of drug-likeness (QED) is 0.348. The van der Waals surface area contributed by atoms with Crippen molar-refractivity contribution in [1.29, 1.82) is 0 Å². The second-order valence-corrected chi connectivity index (χ2v) is 7.91. The van der Waals surface area contributed by atoms with E-state index in [9.17, 15) is 29.4 Å². The highest BCUT2D eigenvalue weighted by Crippen LogP contribution is 2.56. The van der Waals surface area contributed by atoms with E-state index in [0.717, 1.165) is 0 Å². The standard InChI is InChI=1S/C18H18Cl2N4O6/c19-8-2-9(14(26)11(20)3-8)18(4-10(18)17(29)30)24-13(25)6-23-15(27)7-1-12(21)16(28)22-5-7/h2-3,5,10,12,26H,1,4,6,21H2,(H,22,28)(H,23,27)(H,24,25)(H,29,30)/t10-,12?,18-/m0/s1. The molecule has 7 N–H and O–H groups in total. The molecule has 30 heavy (non-hydrogen) atoms. The summed E-state index contributed by atoms with van der Waals surface area (Å²) in [4.78, 5) is 47.5. The van der Waals surface area contributed by atoms with Gasteiger partial charge in [0.15, 0.2) is 0 Å². The van der Waals surface area contributed by atoms with E-state index in [4.69, 9.17) is 28.9 Å². The van der Waals surface area contributed by atoms with E-state index in [1.165, 1.54) is 18.3 Å². The number of nitrogens with two attached hydrogens (primary N) is 1. The summed E-state index contributed by atoms with van der Waals surface area (Å²) in [5, 5.41) is 27.1. The molecule has 0 aromatic heterocycles. The Labute approximate surface area is 180 Å². The minimum absolute atomic E-state index is 0.0122. The molecule has 12 heteroatoms. The van der Waals surface area contributed by atoms with Crippen LogP contribution in [0.1, 0.15) is 18.4 Å². The van der Waals surface area contributed by atoms with Gasteiger partial charge in [0.2, 0.25) is 17.7 Å². The van der Waals surface area contributed by atoms with Crippen molar-refractivity contribution < 1.29 is 29.4 Å². The Bertz CT molecular complexity index is 982. The third-order valence-electron chi connectivity index (χ3n) is 5.00. The number of carboxylic acid groups (broad SMARTS) is 1. The molecule has 1 saturated carbocycles. The van der Waals surface area contributed by atoms with Crippen LogP contribution in [0.3, 0.4) is 0 Å². The van der Waals surface area contributed by atoms with Gasteiger partial charge in [-0.3, -0.25) is 19.2 Å². The molecule has 1 aromatic rings. The first kappa shape index (κ1) is 21.9. The highest BCUT2D eigenvalue weighted by atomic mass is 35.5. The smallest absolute Gasteiger partial charge is 0.309 e. The molecule has 160 valence electrons. The Morgan fingerprint density at radius 3 is 2.60 bits per heavy atom. The van der Waals surface area contributed by atoms with Gasteiger partial charge >= 0.3 is 5.97 Å². The molecule has 1 unspecified atom stereocenters. The first-order valence-corrected chi connectivity index (χ1v) is 9.56. The summed E-state index contributed by atoms with van der Waals surface area (Å²) in [7, 11) is 0. The van der Waals surface area contributed by atoms with Crippen LogP contribution in [0.4, 0.5) is 0 Å². The van der Waals surface area contributed by atoms with Crippen LogP contribution in [0, 0.1) is 5.92 Å². The van der Waals surface area contributed by atoms with E-state index in [-0.39, 0.29) is 39.8 Å². The second kappa shape index (κ2) is 8.13. The lowest BCUT2D eigenvalue weighted by molar-refractivity contribution is -0.139. The number of aromatic hydroxyl groups is 1. The lowest BCUT2D eigenvalue weighted by atomic mass is 10.0. The first-order chi connectivity index (χ1) is 14.0. The summed E-state index contributed by atoms with van der Waals surface area (Å²) >= 11 is 11.9. The van der Waals surface area contributed by atoms with Crippen molar-refractivity contribution in [2.45, 2.75) is 24.4 Å². The molecule has 1 aromatic carbocycles. The number of phenols is 1. The monoisotopic (exact) mass is 456 g/mol. The van der Waals surface area contributed by atoms with Crippen LogP contribution in [-0.2, 0) is 24.7 Å². The summed E-state index contributed by atoms with van der Waals surface area (Å²) in [6.45, 7) is -0.470. The fourth-order valence-corrected chi connectivity index (χ4v) is 3.84. The molecule has 10 nitrogen and oxygen atoms in total. The van der Waals surface area contributed by atoms with Gasteiger partial charge in [-0.1, -0.05) is 23.2 Å². The predicted molar refractivity (Wildman–Crippen MR) is 106 cm³/mol. The number of rotatable bonds is 6. The molecule has 0 radical (unpaired) electrons. The van der Waals surface area contributed by atoms with Gasteiger partial charge in [0.25, 0.3) is 0 Å². The second-order valence-electron chi connectivity index (χ2n) is 7.07. The van der Waals surface area contributed by atoms with Gasteiger partial charge in [-0.25, -0.2) is 0 Å². The average Bonchev–Trinajstić information content (AvgIpc) is 3.40. The highest BCUT2D eigenvalue weighted by molar-refractivity contribution is 6.35. The fourth-order valence-electron chi connectivity index (χ4n) is 3.35. The Morgan fingerprint density at radius 1 is 1.30 bits per heavy atom. The summed E-state index contributed by atoms with van der Waals surface area (Å²) in [6.07, 6.45) is 1.24. The number of carbonyl (C=O) groups is 4. The zero-order valence-electron chi connectivity index (χ0n) is 15.4. The number of hydrogen-bond donors (Lipinski definition) is 6. The minimum atomic E-state index is -1.41. The lowest BCUT2D eigenvalue weighted by Gasteiger charge is -2.22. The lowest BCUT2D eigenvalue weighted by Crippen LogP contribution is -2.46. The molecule has 1 fully saturated rings. The van der Waals surface area contributed by atoms with E-state index < -0.39 is 47.7 Å². The van der Waals surface area contributed by atoms with Gasteiger partial charge in [-0.05, 0) is 18.6 Å². The van der Waals surface area contributed by atoms with Crippen molar-refractivity contribution in [2.75, 3.05) is 6.54 Å². The maximum atomic E-state index is 12.4. The van der Waals surface area contributed by atoms with E-state index in [0.29, 0.717) is 0 Å². The molecule has 1 heterocycles. The third kappa shape index (κ3) is 4.20. The molecular formula is C18H18Cl2N4O6. The zero-order valence-corrected chi connectivity index (χ0v) is 16.9. The molecule has 3 rings (SSSR count). The Morgan fingerprint density at radius 2 is 2.00 bits per heavy atom. The van der Waals surface area contributed by atoms with Gasteiger partial charge in [-0.15, -0.1) is 0 Å². The number of benzene rings is 1. The third-order valence-corrected chi connectivity index (χ3v) is 5.50. The first-order valence-electron chi connectivity index (χ1n) is 8.80. The maximum absolute atomic E-state index is 12.4. The van der Waals surface area contributed by atoms with E-state index in [2.05, 4.69) is 16.0 Å². The number of nitrogens with one attached hydrogen (secondary N) is 3. The molecule has 0 saturated heterocycles. The largest absolute Gasteiger partial charge is 0.506 e. The number of halogens is 2. The van der Waals surface area contributed by atoms with E-state index in [1.807, 2.05) is 0 Å². The molecule has 0 spiro atoms. The summed E-state index contributed by atoms with van der Waals surface area (Å²) in [6, 6.07) is 1.75. The Kier molecular flexibility index (Phi) is 5.93. The molecule has 2 aliphatic rings. The van der Waals surface area contributed by atoms with Gasteiger partial charge < -0.3 is 31.9 Å². The predicted octanol–water partition coefficient (Wildman–Crippen LogP) is -0.0377. The number of amides is 3. The number of carboxylic acids is 1. The van der Waals surface area contributed by atoms with Crippen LogP contribution in [-0.4, -0.2) is 46.5 Å². The molecule has 1 aliphatic carbocycles. The SMILES string of the molecule is NC1CC(C(=O)NCC(=O)N[C@]2(c3cc(Cl)cc(Cl)c3O)C[C@H]2C(=O)O)=CNC1=O. The minimum Gasteiger partial charge on any atom is -0.506 e. The molecule has 1 aliphatic heterocycles. The van der Waals surface area contributed by atoms with Crippen molar-refractivity contribution in [1.82, 2.24) is 16.0 Å². The summed E-state index contributed by atoms with van der Waals surface area (Å²) in [5.74, 6) is -4.27. The molecule has 3 amide bonds. The van der Waals surface area contributed by atoms with Crippen LogP contribution in [0.25, 0.3) is 0 Å². The van der Waals surface area contributed by atoms with Gasteiger partial charge in [-0.2, -0.15) is 0 Å². The number of carbonyl (C=O) groups excluding carboxylic acids is 3. The van der Waals surface area contributed by atoms with Crippen molar-refractivity contribution in [3.8, 4) is 5.75 Å². The van der Waals surface area contributed by atoms with Gasteiger partial charge in [0.05, 0.1) is 29.1 Å². The van der Waals surface area contributed by atoms with Gasteiger partial charge in [0, 0.05) is 28.8 Å². The van der Waals surface area contributed by atoms with E-state index >= 15 is 0 Å². The van der Waals surface area contributed by atoms with Crippen LogP contribution in [0.15, 0.2) is 23.9 Å². The van der Waals surface area contributed by atoms with Crippen molar-refractivity contribution >= 4 is 46.9 Å². The zero-order chi connectivity index (χ0) is 22.2. The fraction of sp³-hybridized carbons (Fsp3) is 0.333. The summed E-state index contributed by atoms with van der Waals surface area (Å²) < 4.78 is 0. The summed E-state index contributed by atoms with van der Waals surface area (Å²) in [5.41, 5.74) is 4.45. The molecular weight excluding hydrogens is 439 g/mol. The maximum Gasteiger partial charge on any atom is 0.309 e. The average molecular weight is 457 g/mol. The Hall–Kier alpha value is -2.82. The van der Waals surface area contributed by atoms with Crippen LogP contribution < -0.4 is 21.7 Å². The molecule has 3 atom stereocenters.